The molecule has 1 amide bonds. The van der Waals surface area contributed by atoms with Gasteiger partial charge in [-0.05, 0) is 38.0 Å². The van der Waals surface area contributed by atoms with Gasteiger partial charge in [0.1, 0.15) is 5.82 Å². The first-order valence-electron chi connectivity index (χ1n) is 8.23. The molecule has 0 unspecified atom stereocenters. The maximum atomic E-state index is 11.4. The van der Waals surface area contributed by atoms with Crippen molar-refractivity contribution >= 4 is 29.1 Å². The third kappa shape index (κ3) is 3.25. The largest absolute Gasteiger partial charge is 0.323 e. The molecule has 1 aliphatic carbocycles. The molecule has 0 aliphatic heterocycles. The number of aromatic amines is 1. The molecule has 0 saturated heterocycles. The van der Waals surface area contributed by atoms with Crippen LogP contribution in [0.25, 0.3) is 11.4 Å². The first-order valence-corrected chi connectivity index (χ1v) is 8.61. The summed E-state index contributed by atoms with van der Waals surface area (Å²) >= 11 is 5.97. The number of amides is 1. The number of rotatable bonds is 5. The molecule has 0 bridgehead atoms. The van der Waals surface area contributed by atoms with Crippen LogP contribution in [0.3, 0.4) is 0 Å². The Morgan fingerprint density at radius 3 is 2.88 bits per heavy atom. The zero-order chi connectivity index (χ0) is 18.3. The van der Waals surface area contributed by atoms with Gasteiger partial charge in [-0.1, -0.05) is 11.6 Å². The van der Waals surface area contributed by atoms with Crippen molar-refractivity contribution in [2.75, 3.05) is 5.32 Å². The predicted molar refractivity (Wildman–Crippen MR) is 98.5 cm³/mol. The van der Waals surface area contributed by atoms with Crippen LogP contribution in [0.2, 0.25) is 5.02 Å². The summed E-state index contributed by atoms with van der Waals surface area (Å²) in [5.74, 6) is 1.53. The monoisotopic (exact) mass is 367 g/mol. The first kappa shape index (κ1) is 16.5. The minimum atomic E-state index is -0.841. The number of aryl methyl sites for hydroxylation is 1. The van der Waals surface area contributed by atoms with Crippen LogP contribution in [0.4, 0.5) is 11.6 Å². The Hall–Kier alpha value is -2.93. The number of halogens is 1. The van der Waals surface area contributed by atoms with Crippen molar-refractivity contribution in [3.63, 3.8) is 0 Å². The van der Waals surface area contributed by atoms with Crippen molar-refractivity contribution in [3.05, 3.63) is 52.3 Å². The molecular weight excluding hydrogens is 352 g/mol. The molecule has 1 aromatic carbocycles. The van der Waals surface area contributed by atoms with E-state index >= 15 is 0 Å². The lowest BCUT2D eigenvalue weighted by molar-refractivity contribution is 0.0992. The van der Waals surface area contributed by atoms with Gasteiger partial charge in [0.05, 0.1) is 10.6 Å². The molecule has 3 aromatic rings. The van der Waals surface area contributed by atoms with Crippen molar-refractivity contribution < 1.29 is 4.79 Å². The van der Waals surface area contributed by atoms with E-state index in [2.05, 4.69) is 25.5 Å². The molecule has 2 heterocycles. The Balaban J connectivity index is 1.65. The fourth-order valence-corrected chi connectivity index (χ4v) is 2.87. The number of nitrogens with zero attached hydrogens (tertiary/aromatic N) is 3. The molecule has 0 atom stereocenters. The lowest BCUT2D eigenvalue weighted by atomic mass is 10.1. The molecular formula is C18H16ClN6O. The van der Waals surface area contributed by atoms with Crippen LogP contribution in [-0.4, -0.2) is 26.1 Å². The van der Waals surface area contributed by atoms with Gasteiger partial charge in [0.2, 0.25) is 0 Å². The Labute approximate surface area is 155 Å². The van der Waals surface area contributed by atoms with E-state index in [0.29, 0.717) is 28.9 Å². The fraction of sp³-hybridized carbons (Fsp3) is 0.222. The van der Waals surface area contributed by atoms with Gasteiger partial charge < -0.3 is 5.32 Å². The SMILES string of the molecule is Cc1cnc(-c2ccc(Cl)c(C([NH])=O)c2)nc1Nc1cc(C2CC2)[nH]n1. The van der Waals surface area contributed by atoms with Crippen LogP contribution in [0.5, 0.6) is 0 Å². The van der Waals surface area contributed by atoms with Crippen molar-refractivity contribution in [3.8, 4) is 11.4 Å². The van der Waals surface area contributed by atoms with E-state index in [4.69, 9.17) is 17.3 Å². The van der Waals surface area contributed by atoms with E-state index in [1.165, 1.54) is 18.9 Å². The maximum Gasteiger partial charge on any atom is 0.271 e. The molecule has 26 heavy (non-hydrogen) atoms. The number of hydrogen-bond acceptors (Lipinski definition) is 5. The summed E-state index contributed by atoms with van der Waals surface area (Å²) in [6, 6.07) is 6.83. The van der Waals surface area contributed by atoms with E-state index < -0.39 is 5.91 Å². The number of benzene rings is 1. The summed E-state index contributed by atoms with van der Waals surface area (Å²) in [5, 5.41) is 10.8. The van der Waals surface area contributed by atoms with Gasteiger partial charge in [-0.15, -0.1) is 0 Å². The van der Waals surface area contributed by atoms with Crippen molar-refractivity contribution in [1.29, 1.82) is 0 Å². The summed E-state index contributed by atoms with van der Waals surface area (Å²) in [7, 11) is 0. The smallest absolute Gasteiger partial charge is 0.271 e. The Bertz CT molecular complexity index is 995. The minimum Gasteiger partial charge on any atom is -0.323 e. The van der Waals surface area contributed by atoms with Gasteiger partial charge in [-0.25, -0.2) is 9.97 Å². The number of aromatic nitrogens is 4. The van der Waals surface area contributed by atoms with E-state index in [9.17, 15) is 4.79 Å². The highest BCUT2D eigenvalue weighted by Gasteiger charge is 2.25. The van der Waals surface area contributed by atoms with Crippen molar-refractivity contribution in [2.45, 2.75) is 25.7 Å². The van der Waals surface area contributed by atoms with E-state index in [1.807, 2.05) is 13.0 Å². The molecule has 1 fully saturated rings. The van der Waals surface area contributed by atoms with Crippen LogP contribution in [-0.2, 0) is 0 Å². The fourth-order valence-electron chi connectivity index (χ4n) is 2.67. The van der Waals surface area contributed by atoms with E-state index in [1.54, 1.807) is 18.3 Å². The van der Waals surface area contributed by atoms with E-state index in [-0.39, 0.29) is 10.6 Å². The lowest BCUT2D eigenvalue weighted by Crippen LogP contribution is -2.03. The standard InChI is InChI=1S/C18H16ClN6O/c1-9-8-21-18(11-4-5-13(19)12(6-11)16(20)26)23-17(9)22-15-7-14(24-25-15)10-2-3-10/h4-8,10,20H,2-3H2,1H3,(H2,21,22,23,24,25). The zero-order valence-electron chi connectivity index (χ0n) is 14.0. The minimum absolute atomic E-state index is 0.129. The normalized spacial score (nSPS) is 13.6. The average Bonchev–Trinajstić information content (AvgIpc) is 3.37. The molecule has 4 rings (SSSR count). The number of carbonyl (C=O) groups excluding carboxylic acids is 1. The number of carbonyl (C=O) groups is 1. The van der Waals surface area contributed by atoms with Crippen LogP contribution in [0, 0.1) is 6.92 Å². The van der Waals surface area contributed by atoms with Crippen LogP contribution < -0.4 is 11.1 Å². The van der Waals surface area contributed by atoms with Crippen LogP contribution in [0.1, 0.15) is 40.4 Å². The quantitative estimate of drug-likeness (QED) is 0.711. The number of anilines is 2. The van der Waals surface area contributed by atoms with Gasteiger partial charge in [-0.3, -0.25) is 15.6 Å². The highest BCUT2D eigenvalue weighted by atomic mass is 35.5. The molecule has 1 saturated carbocycles. The third-order valence-corrected chi connectivity index (χ3v) is 4.63. The summed E-state index contributed by atoms with van der Waals surface area (Å²) in [4.78, 5) is 20.3. The van der Waals surface area contributed by atoms with Gasteiger partial charge >= 0.3 is 0 Å². The van der Waals surface area contributed by atoms with Gasteiger partial charge in [0.25, 0.3) is 5.91 Å². The second-order valence-electron chi connectivity index (χ2n) is 6.36. The van der Waals surface area contributed by atoms with Crippen LogP contribution >= 0.6 is 11.6 Å². The molecule has 1 radical (unpaired) electrons. The molecule has 7 nitrogen and oxygen atoms in total. The van der Waals surface area contributed by atoms with Crippen molar-refractivity contribution in [2.24, 2.45) is 0 Å². The predicted octanol–water partition coefficient (Wildman–Crippen LogP) is 3.87. The summed E-state index contributed by atoms with van der Waals surface area (Å²) < 4.78 is 0. The summed E-state index contributed by atoms with van der Waals surface area (Å²) in [6.07, 6.45) is 4.10. The molecule has 1 aliphatic rings. The van der Waals surface area contributed by atoms with Crippen LogP contribution in [0.15, 0.2) is 30.5 Å². The molecule has 0 spiro atoms. The second kappa shape index (κ2) is 6.42. The zero-order valence-corrected chi connectivity index (χ0v) is 14.8. The Morgan fingerprint density at radius 1 is 1.35 bits per heavy atom. The highest BCUT2D eigenvalue weighted by molar-refractivity contribution is 6.33. The number of H-pyrrole nitrogens is 1. The lowest BCUT2D eigenvalue weighted by Gasteiger charge is -2.09. The van der Waals surface area contributed by atoms with Gasteiger partial charge in [0.15, 0.2) is 11.6 Å². The third-order valence-electron chi connectivity index (χ3n) is 4.30. The summed E-state index contributed by atoms with van der Waals surface area (Å²) in [5.41, 5.74) is 10.1. The topological polar surface area (TPSA) is 107 Å². The average molecular weight is 368 g/mol. The van der Waals surface area contributed by atoms with Crippen molar-refractivity contribution in [1.82, 2.24) is 25.9 Å². The molecule has 8 heteroatoms. The van der Waals surface area contributed by atoms with E-state index in [0.717, 1.165) is 11.3 Å². The first-order chi connectivity index (χ1) is 12.5. The van der Waals surface area contributed by atoms with Gasteiger partial charge in [-0.2, -0.15) is 5.10 Å². The summed E-state index contributed by atoms with van der Waals surface area (Å²) in [6.45, 7) is 1.90. The Kier molecular flexibility index (Phi) is 4.08. The van der Waals surface area contributed by atoms with Gasteiger partial charge in [0, 0.05) is 35.0 Å². The molecule has 2 aromatic heterocycles. The molecule has 131 valence electrons. The second-order valence-corrected chi connectivity index (χ2v) is 6.76. The molecule has 3 N–H and O–H groups in total. The Morgan fingerprint density at radius 2 is 2.15 bits per heavy atom. The number of nitrogens with one attached hydrogen (secondary N) is 3. The number of hydrogen-bond donors (Lipinski definition) is 2. The maximum absolute atomic E-state index is 11.4. The highest BCUT2D eigenvalue weighted by Crippen LogP contribution is 2.39.